The predicted octanol–water partition coefficient (Wildman–Crippen LogP) is 3.02. The van der Waals surface area contributed by atoms with Crippen molar-refractivity contribution in [2.45, 2.75) is 31.5 Å². The number of β-amino-alcohol motifs (C(OH)–C–C–N with tert-alkyl or cyclic N) is 1. The van der Waals surface area contributed by atoms with Gasteiger partial charge in [0.25, 0.3) is 0 Å². The van der Waals surface area contributed by atoms with Gasteiger partial charge >= 0.3 is 0 Å². The minimum absolute atomic E-state index is 0.0582. The normalized spacial score (nSPS) is 22.9. The average molecular weight is 376 g/mol. The molecule has 2 atom stereocenters. The van der Waals surface area contributed by atoms with Gasteiger partial charge in [-0.05, 0) is 42.8 Å². The van der Waals surface area contributed by atoms with E-state index in [9.17, 15) is 15.0 Å². The van der Waals surface area contributed by atoms with Gasteiger partial charge in [0.1, 0.15) is 23.2 Å². The molecule has 0 bridgehead atoms. The van der Waals surface area contributed by atoms with Crippen LogP contribution in [0.2, 0.25) is 5.02 Å². The van der Waals surface area contributed by atoms with Crippen molar-refractivity contribution in [3.8, 4) is 11.5 Å². The zero-order chi connectivity index (χ0) is 18.7. The highest BCUT2D eigenvalue weighted by atomic mass is 35.5. The third-order valence-electron chi connectivity index (χ3n) is 4.58. The molecule has 1 saturated heterocycles. The van der Waals surface area contributed by atoms with E-state index >= 15 is 0 Å². The summed E-state index contributed by atoms with van der Waals surface area (Å²) in [4.78, 5) is 14.2. The molecule has 0 aromatic heterocycles. The Morgan fingerprint density at radius 3 is 2.69 bits per heavy atom. The first-order valence-electron chi connectivity index (χ1n) is 8.54. The molecule has 3 rings (SSSR count). The van der Waals surface area contributed by atoms with E-state index in [0.29, 0.717) is 23.7 Å². The Morgan fingerprint density at radius 1 is 1.31 bits per heavy atom. The highest BCUT2D eigenvalue weighted by Gasteiger charge is 2.41. The monoisotopic (exact) mass is 375 g/mol. The first-order valence-corrected chi connectivity index (χ1v) is 8.91. The molecule has 1 fully saturated rings. The number of benzene rings is 2. The lowest BCUT2D eigenvalue weighted by molar-refractivity contribution is -0.145. The fraction of sp³-hybridized carbons (Fsp3) is 0.350. The molecule has 1 amide bonds. The van der Waals surface area contributed by atoms with Crippen LogP contribution in [0.5, 0.6) is 11.5 Å². The first kappa shape index (κ1) is 18.5. The van der Waals surface area contributed by atoms with Crippen molar-refractivity contribution in [1.82, 2.24) is 4.90 Å². The Morgan fingerprint density at radius 2 is 2.04 bits per heavy atom. The van der Waals surface area contributed by atoms with Crippen molar-refractivity contribution >= 4 is 17.5 Å². The summed E-state index contributed by atoms with van der Waals surface area (Å²) in [6, 6.07) is 13.6. The summed E-state index contributed by atoms with van der Waals surface area (Å²) in [5.74, 6) is 0.715. The minimum atomic E-state index is -1.16. The van der Waals surface area contributed by atoms with Crippen LogP contribution in [0, 0.1) is 0 Å². The third kappa shape index (κ3) is 4.48. The average Bonchev–Trinajstić information content (AvgIpc) is 2.58. The molecule has 6 heteroatoms. The standard InChI is InChI=1S/C20H22ClNO4/c1-20(25)13-22(19(24)11-14-5-7-16(23)8-6-14)10-9-18(20)26-17-4-2-3-15(21)12-17/h2-8,12,18,23,25H,9-11,13H2,1H3/t18-,20-/m0/s1. The molecule has 2 aromatic carbocycles. The molecule has 1 aliphatic rings. The highest BCUT2D eigenvalue weighted by Crippen LogP contribution is 2.28. The van der Waals surface area contributed by atoms with Crippen LogP contribution in [-0.4, -0.2) is 45.8 Å². The summed E-state index contributed by atoms with van der Waals surface area (Å²) in [6.07, 6.45) is 0.343. The lowest BCUT2D eigenvalue weighted by Crippen LogP contribution is -2.58. The maximum atomic E-state index is 12.5. The number of aliphatic hydroxyl groups is 1. The Kier molecular flexibility index (Phi) is 5.39. The fourth-order valence-corrected chi connectivity index (χ4v) is 3.34. The van der Waals surface area contributed by atoms with Gasteiger partial charge in [-0.25, -0.2) is 0 Å². The number of rotatable bonds is 4. The van der Waals surface area contributed by atoms with E-state index in [-0.39, 0.29) is 24.6 Å². The second-order valence-corrected chi connectivity index (χ2v) is 7.30. The van der Waals surface area contributed by atoms with E-state index in [1.54, 1.807) is 60.4 Å². The van der Waals surface area contributed by atoms with Crippen molar-refractivity contribution in [3.05, 3.63) is 59.1 Å². The number of amides is 1. The van der Waals surface area contributed by atoms with Gasteiger partial charge < -0.3 is 19.8 Å². The number of phenols is 1. The van der Waals surface area contributed by atoms with Gasteiger partial charge in [0.15, 0.2) is 0 Å². The largest absolute Gasteiger partial charge is 0.508 e. The van der Waals surface area contributed by atoms with Crippen molar-refractivity contribution in [2.75, 3.05) is 13.1 Å². The topological polar surface area (TPSA) is 70.0 Å². The minimum Gasteiger partial charge on any atom is -0.508 e. The van der Waals surface area contributed by atoms with E-state index in [0.717, 1.165) is 5.56 Å². The quantitative estimate of drug-likeness (QED) is 0.861. The molecule has 2 N–H and O–H groups in total. The number of hydrogen-bond acceptors (Lipinski definition) is 4. The lowest BCUT2D eigenvalue weighted by atomic mass is 9.91. The maximum Gasteiger partial charge on any atom is 0.227 e. The number of piperidine rings is 1. The van der Waals surface area contributed by atoms with Crippen LogP contribution in [-0.2, 0) is 11.2 Å². The fourth-order valence-electron chi connectivity index (χ4n) is 3.15. The lowest BCUT2D eigenvalue weighted by Gasteiger charge is -2.42. The van der Waals surface area contributed by atoms with Crippen LogP contribution in [0.1, 0.15) is 18.9 Å². The highest BCUT2D eigenvalue weighted by molar-refractivity contribution is 6.30. The van der Waals surface area contributed by atoms with Crippen molar-refractivity contribution < 1.29 is 19.7 Å². The Bertz CT molecular complexity index is 776. The molecule has 0 aliphatic carbocycles. The third-order valence-corrected chi connectivity index (χ3v) is 4.82. The van der Waals surface area contributed by atoms with Crippen LogP contribution in [0.3, 0.4) is 0 Å². The van der Waals surface area contributed by atoms with Gasteiger partial charge in [-0.1, -0.05) is 29.8 Å². The van der Waals surface area contributed by atoms with Crippen molar-refractivity contribution in [2.24, 2.45) is 0 Å². The number of likely N-dealkylation sites (tertiary alicyclic amines) is 1. The maximum absolute atomic E-state index is 12.5. The summed E-state index contributed by atoms with van der Waals surface area (Å²) >= 11 is 5.97. The van der Waals surface area contributed by atoms with Gasteiger partial charge in [0.05, 0.1) is 13.0 Å². The van der Waals surface area contributed by atoms with Gasteiger partial charge in [-0.3, -0.25) is 4.79 Å². The number of phenolic OH excluding ortho intramolecular Hbond substituents is 1. The Hall–Kier alpha value is -2.24. The van der Waals surface area contributed by atoms with E-state index in [2.05, 4.69) is 0 Å². The molecular formula is C20H22ClNO4. The molecular weight excluding hydrogens is 354 g/mol. The molecule has 0 saturated carbocycles. The number of carbonyl (C=O) groups is 1. The predicted molar refractivity (Wildman–Crippen MR) is 99.5 cm³/mol. The van der Waals surface area contributed by atoms with Crippen molar-refractivity contribution in [1.29, 1.82) is 0 Å². The van der Waals surface area contributed by atoms with Gasteiger partial charge in [-0.15, -0.1) is 0 Å². The van der Waals surface area contributed by atoms with Crippen molar-refractivity contribution in [3.63, 3.8) is 0 Å². The van der Waals surface area contributed by atoms with Crippen LogP contribution in [0.15, 0.2) is 48.5 Å². The van der Waals surface area contributed by atoms with E-state index < -0.39 is 11.7 Å². The summed E-state index contributed by atoms with van der Waals surface area (Å²) in [5.41, 5.74) is -0.338. The molecule has 0 unspecified atom stereocenters. The number of carbonyl (C=O) groups excluding carboxylic acids is 1. The molecule has 0 radical (unpaired) electrons. The summed E-state index contributed by atoms with van der Waals surface area (Å²) in [7, 11) is 0. The number of ether oxygens (including phenoxy) is 1. The van der Waals surface area contributed by atoms with Crippen LogP contribution < -0.4 is 4.74 Å². The molecule has 26 heavy (non-hydrogen) atoms. The second-order valence-electron chi connectivity index (χ2n) is 6.87. The van der Waals surface area contributed by atoms with Gasteiger partial charge in [0, 0.05) is 18.0 Å². The summed E-state index contributed by atoms with van der Waals surface area (Å²) < 4.78 is 5.91. The zero-order valence-electron chi connectivity index (χ0n) is 14.6. The number of aromatic hydroxyl groups is 1. The molecule has 1 heterocycles. The molecule has 2 aromatic rings. The number of hydrogen-bond donors (Lipinski definition) is 2. The van der Waals surface area contributed by atoms with Crippen LogP contribution in [0.25, 0.3) is 0 Å². The second kappa shape index (κ2) is 7.56. The van der Waals surface area contributed by atoms with Crippen LogP contribution in [0.4, 0.5) is 0 Å². The first-order chi connectivity index (χ1) is 12.3. The van der Waals surface area contributed by atoms with Gasteiger partial charge in [0.2, 0.25) is 5.91 Å². The Labute approximate surface area is 157 Å². The van der Waals surface area contributed by atoms with E-state index in [1.165, 1.54) is 0 Å². The molecule has 1 aliphatic heterocycles. The smallest absolute Gasteiger partial charge is 0.227 e. The molecule has 138 valence electrons. The summed E-state index contributed by atoms with van der Waals surface area (Å²) in [6.45, 7) is 2.40. The van der Waals surface area contributed by atoms with E-state index in [1.807, 2.05) is 0 Å². The van der Waals surface area contributed by atoms with E-state index in [4.69, 9.17) is 16.3 Å². The molecule has 0 spiro atoms. The SMILES string of the molecule is C[C@]1(O)CN(C(=O)Cc2ccc(O)cc2)CC[C@@H]1Oc1cccc(Cl)c1. The van der Waals surface area contributed by atoms with Crippen LogP contribution >= 0.6 is 11.6 Å². The zero-order valence-corrected chi connectivity index (χ0v) is 15.3. The summed E-state index contributed by atoms with van der Waals surface area (Å²) in [5, 5.41) is 20.7. The molecule has 5 nitrogen and oxygen atoms in total. The number of halogens is 1. The van der Waals surface area contributed by atoms with Gasteiger partial charge in [-0.2, -0.15) is 0 Å². The number of nitrogens with zero attached hydrogens (tertiary/aromatic N) is 1. The Balaban J connectivity index is 1.62.